The topological polar surface area (TPSA) is 75.4 Å². The van der Waals surface area contributed by atoms with E-state index in [1.54, 1.807) is 12.1 Å². The summed E-state index contributed by atoms with van der Waals surface area (Å²) >= 11 is 0. The summed E-state index contributed by atoms with van der Waals surface area (Å²) in [6.07, 6.45) is 2.90. The summed E-state index contributed by atoms with van der Waals surface area (Å²) in [6, 6.07) is 4.79. The highest BCUT2D eigenvalue weighted by Gasteiger charge is 2.00. The number of phenols is 1. The van der Waals surface area contributed by atoms with E-state index in [0.717, 1.165) is 0 Å². The molecule has 0 aliphatic rings. The number of amides is 1. The predicted octanol–water partition coefficient (Wildman–Crippen LogP) is 1.51. The third-order valence-electron chi connectivity index (χ3n) is 1.90. The van der Waals surface area contributed by atoms with Crippen LogP contribution in [0.15, 0.2) is 24.3 Å². The Morgan fingerprint density at radius 3 is 2.81 bits per heavy atom. The van der Waals surface area contributed by atoms with Crippen molar-refractivity contribution in [2.45, 2.75) is 19.9 Å². The Hall–Kier alpha value is -1.97. The van der Waals surface area contributed by atoms with Crippen molar-refractivity contribution in [1.29, 1.82) is 0 Å². The van der Waals surface area contributed by atoms with E-state index in [2.05, 4.69) is 5.32 Å². The van der Waals surface area contributed by atoms with Gasteiger partial charge in [0.15, 0.2) is 0 Å². The van der Waals surface area contributed by atoms with Gasteiger partial charge in [0.05, 0.1) is 0 Å². The molecule has 0 atom stereocenters. The summed E-state index contributed by atoms with van der Waals surface area (Å²) in [7, 11) is 0. The van der Waals surface area contributed by atoms with E-state index < -0.39 is 0 Å². The predicted molar refractivity (Wildman–Crippen MR) is 64.8 cm³/mol. The number of carbonyl (C=O) groups excluding carboxylic acids is 1. The largest absolute Gasteiger partial charge is 0.507 e. The van der Waals surface area contributed by atoms with Crippen molar-refractivity contribution in [3.8, 4) is 5.75 Å². The lowest BCUT2D eigenvalue weighted by atomic mass is 10.1. The minimum Gasteiger partial charge on any atom is -0.507 e. The van der Waals surface area contributed by atoms with E-state index in [-0.39, 0.29) is 17.7 Å². The van der Waals surface area contributed by atoms with Crippen molar-refractivity contribution in [3.63, 3.8) is 0 Å². The third kappa shape index (κ3) is 3.65. The lowest BCUT2D eigenvalue weighted by Gasteiger charge is -2.04. The van der Waals surface area contributed by atoms with Crippen molar-refractivity contribution in [1.82, 2.24) is 5.32 Å². The molecule has 16 heavy (non-hydrogen) atoms. The number of benzene rings is 1. The lowest BCUT2D eigenvalue weighted by Crippen LogP contribution is -2.28. The standard InChI is InChI=1S/C12H16N2O2/c1-8(2)14-12(16)6-3-9-7-10(13)4-5-11(9)15/h3-8,15H,13H2,1-2H3,(H,14,16)/b6-3+. The number of nitrogens with one attached hydrogen (secondary N) is 1. The monoisotopic (exact) mass is 220 g/mol. The third-order valence-corrected chi connectivity index (χ3v) is 1.90. The van der Waals surface area contributed by atoms with Crippen LogP contribution in [0.4, 0.5) is 5.69 Å². The maximum absolute atomic E-state index is 11.3. The van der Waals surface area contributed by atoms with Crippen LogP contribution in [0.1, 0.15) is 19.4 Å². The van der Waals surface area contributed by atoms with E-state index in [1.807, 2.05) is 13.8 Å². The molecule has 4 nitrogen and oxygen atoms in total. The van der Waals surface area contributed by atoms with Crippen LogP contribution >= 0.6 is 0 Å². The van der Waals surface area contributed by atoms with Gasteiger partial charge in [0, 0.05) is 23.4 Å². The van der Waals surface area contributed by atoms with E-state index >= 15 is 0 Å². The van der Waals surface area contributed by atoms with Crippen molar-refractivity contribution >= 4 is 17.7 Å². The van der Waals surface area contributed by atoms with Crippen LogP contribution in [-0.2, 0) is 4.79 Å². The molecule has 0 aromatic heterocycles. The highest BCUT2D eigenvalue weighted by molar-refractivity contribution is 5.92. The number of aromatic hydroxyl groups is 1. The first-order chi connectivity index (χ1) is 7.49. The first-order valence-electron chi connectivity index (χ1n) is 5.06. The molecule has 0 saturated carbocycles. The molecule has 0 bridgehead atoms. The summed E-state index contributed by atoms with van der Waals surface area (Å²) in [5, 5.41) is 12.2. The van der Waals surface area contributed by atoms with E-state index in [9.17, 15) is 9.90 Å². The van der Waals surface area contributed by atoms with Crippen LogP contribution in [0.2, 0.25) is 0 Å². The number of anilines is 1. The molecule has 0 radical (unpaired) electrons. The second kappa shape index (κ2) is 5.21. The molecule has 1 aromatic carbocycles. The Labute approximate surface area is 94.8 Å². The van der Waals surface area contributed by atoms with Gasteiger partial charge in [0.2, 0.25) is 5.91 Å². The Bertz CT molecular complexity index is 411. The van der Waals surface area contributed by atoms with E-state index in [0.29, 0.717) is 11.3 Å². The molecule has 0 heterocycles. The van der Waals surface area contributed by atoms with Crippen molar-refractivity contribution in [2.24, 2.45) is 0 Å². The van der Waals surface area contributed by atoms with Gasteiger partial charge in [-0.2, -0.15) is 0 Å². The molecule has 0 saturated heterocycles. The zero-order chi connectivity index (χ0) is 12.1. The fourth-order valence-electron chi connectivity index (χ4n) is 1.20. The molecular formula is C12H16N2O2. The molecule has 86 valence electrons. The zero-order valence-corrected chi connectivity index (χ0v) is 9.40. The summed E-state index contributed by atoms with van der Waals surface area (Å²) in [5.41, 5.74) is 6.64. The number of carbonyl (C=O) groups is 1. The Morgan fingerprint density at radius 1 is 1.50 bits per heavy atom. The van der Waals surface area contributed by atoms with Gasteiger partial charge in [-0.3, -0.25) is 4.79 Å². The maximum Gasteiger partial charge on any atom is 0.244 e. The van der Waals surface area contributed by atoms with Gasteiger partial charge in [-0.15, -0.1) is 0 Å². The van der Waals surface area contributed by atoms with E-state index in [4.69, 9.17) is 5.73 Å². The number of hydrogen-bond donors (Lipinski definition) is 3. The van der Waals surface area contributed by atoms with Gasteiger partial charge in [-0.1, -0.05) is 0 Å². The van der Waals surface area contributed by atoms with Gasteiger partial charge in [-0.05, 0) is 38.1 Å². The molecule has 0 fully saturated rings. The lowest BCUT2D eigenvalue weighted by molar-refractivity contribution is -0.116. The van der Waals surface area contributed by atoms with Crippen LogP contribution in [-0.4, -0.2) is 17.1 Å². The highest BCUT2D eigenvalue weighted by atomic mass is 16.3. The average Bonchev–Trinajstić information content (AvgIpc) is 2.18. The van der Waals surface area contributed by atoms with Gasteiger partial charge < -0.3 is 16.2 Å². The van der Waals surface area contributed by atoms with Crippen LogP contribution < -0.4 is 11.1 Å². The van der Waals surface area contributed by atoms with Gasteiger partial charge in [0.25, 0.3) is 0 Å². The van der Waals surface area contributed by atoms with Gasteiger partial charge >= 0.3 is 0 Å². The van der Waals surface area contributed by atoms with Crippen LogP contribution in [0, 0.1) is 0 Å². The fraction of sp³-hybridized carbons (Fsp3) is 0.250. The molecule has 1 aromatic rings. The summed E-state index contributed by atoms with van der Waals surface area (Å²) in [4.78, 5) is 11.3. The molecule has 0 aliphatic carbocycles. The zero-order valence-electron chi connectivity index (χ0n) is 9.40. The number of rotatable bonds is 3. The molecule has 4 heteroatoms. The van der Waals surface area contributed by atoms with E-state index in [1.165, 1.54) is 18.2 Å². The number of nitrogens with two attached hydrogens (primary N) is 1. The second-order valence-corrected chi connectivity index (χ2v) is 3.81. The minimum absolute atomic E-state index is 0.0894. The molecular weight excluding hydrogens is 204 g/mol. The fourth-order valence-corrected chi connectivity index (χ4v) is 1.20. The highest BCUT2D eigenvalue weighted by Crippen LogP contribution is 2.20. The SMILES string of the molecule is CC(C)NC(=O)/C=C/c1cc(N)ccc1O. The summed E-state index contributed by atoms with van der Waals surface area (Å²) < 4.78 is 0. The quantitative estimate of drug-likeness (QED) is 0.410. The summed E-state index contributed by atoms with van der Waals surface area (Å²) in [5.74, 6) is -0.0976. The number of phenolic OH excluding ortho intramolecular Hbond substituents is 1. The number of hydrogen-bond acceptors (Lipinski definition) is 3. The normalized spacial score (nSPS) is 10.9. The molecule has 4 N–H and O–H groups in total. The first kappa shape index (κ1) is 12.1. The Kier molecular flexibility index (Phi) is 3.94. The summed E-state index contributed by atoms with van der Waals surface area (Å²) in [6.45, 7) is 3.76. The van der Waals surface area contributed by atoms with Crippen molar-refractivity contribution in [3.05, 3.63) is 29.8 Å². The molecule has 1 rings (SSSR count). The molecule has 0 aliphatic heterocycles. The van der Waals surface area contributed by atoms with Gasteiger partial charge in [-0.25, -0.2) is 0 Å². The second-order valence-electron chi connectivity index (χ2n) is 3.81. The smallest absolute Gasteiger partial charge is 0.244 e. The van der Waals surface area contributed by atoms with Gasteiger partial charge in [0.1, 0.15) is 5.75 Å². The number of nitrogen functional groups attached to an aromatic ring is 1. The van der Waals surface area contributed by atoms with Crippen LogP contribution in [0.5, 0.6) is 5.75 Å². The molecule has 0 unspecified atom stereocenters. The molecule has 0 spiro atoms. The van der Waals surface area contributed by atoms with Crippen molar-refractivity contribution in [2.75, 3.05) is 5.73 Å². The van der Waals surface area contributed by atoms with Crippen LogP contribution in [0.3, 0.4) is 0 Å². The Balaban J connectivity index is 2.76. The van der Waals surface area contributed by atoms with Crippen molar-refractivity contribution < 1.29 is 9.90 Å². The Morgan fingerprint density at radius 2 is 2.19 bits per heavy atom. The average molecular weight is 220 g/mol. The first-order valence-corrected chi connectivity index (χ1v) is 5.06. The maximum atomic E-state index is 11.3. The molecule has 1 amide bonds. The minimum atomic E-state index is -0.197. The van der Waals surface area contributed by atoms with Crippen LogP contribution in [0.25, 0.3) is 6.08 Å².